The fourth-order valence-electron chi connectivity index (χ4n) is 11.2. The van der Waals surface area contributed by atoms with E-state index in [1.54, 1.807) is 0 Å². The molecular weight excluding hydrogens is 1220 g/mol. The Morgan fingerprint density at radius 1 is 0.312 bits per heavy atom. The molecule has 0 aliphatic rings. The average molecular weight is 1370 g/mol. The fraction of sp³-hybridized carbons (Fsp3) is 0.946. The predicted octanol–water partition coefficient (Wildman–Crippen LogP) is 21.4. The number of phosphoric ester groups is 2. The van der Waals surface area contributed by atoms with Crippen LogP contribution in [0.4, 0.5) is 0 Å². The van der Waals surface area contributed by atoms with E-state index in [4.69, 9.17) is 37.0 Å². The van der Waals surface area contributed by atoms with E-state index in [0.717, 1.165) is 114 Å². The highest BCUT2D eigenvalue weighted by atomic mass is 31.2. The SMILES string of the molecule is CCCCCCCCCCCCCCCCCCC(=O)O[C@H](COC(=O)CCCCCCCCCCCCCC(C)C)COP(=O)(O)OC[C@@H](O)COP(=O)(O)OC[C@@H](COC(=O)CCCCCCCCC(C)CC)OC(=O)CCCCCCCCCCCCC(C)C. The van der Waals surface area contributed by atoms with Crippen molar-refractivity contribution >= 4 is 39.5 Å². The van der Waals surface area contributed by atoms with Gasteiger partial charge in [0.2, 0.25) is 0 Å². The third kappa shape index (κ3) is 67.0. The minimum Gasteiger partial charge on any atom is -0.462 e. The highest BCUT2D eigenvalue weighted by Gasteiger charge is 2.30. The third-order valence-corrected chi connectivity index (χ3v) is 19.4. The van der Waals surface area contributed by atoms with E-state index in [1.807, 2.05) is 0 Å². The van der Waals surface area contributed by atoms with Gasteiger partial charge in [-0.3, -0.25) is 37.3 Å². The van der Waals surface area contributed by atoms with E-state index < -0.39 is 97.5 Å². The minimum atomic E-state index is -4.96. The van der Waals surface area contributed by atoms with Crippen LogP contribution in [0.2, 0.25) is 0 Å². The molecule has 0 saturated heterocycles. The van der Waals surface area contributed by atoms with Gasteiger partial charge in [-0.25, -0.2) is 9.13 Å². The lowest BCUT2D eigenvalue weighted by atomic mass is 10.00. The molecule has 0 spiro atoms. The topological polar surface area (TPSA) is 237 Å². The van der Waals surface area contributed by atoms with Crippen molar-refractivity contribution in [1.82, 2.24) is 0 Å². The summed E-state index contributed by atoms with van der Waals surface area (Å²) in [5.41, 5.74) is 0. The van der Waals surface area contributed by atoms with Gasteiger partial charge in [0.05, 0.1) is 26.4 Å². The lowest BCUT2D eigenvalue weighted by Gasteiger charge is -2.21. The molecule has 0 heterocycles. The highest BCUT2D eigenvalue weighted by molar-refractivity contribution is 7.47. The van der Waals surface area contributed by atoms with Crippen LogP contribution in [0.5, 0.6) is 0 Å². The number of rotatable bonds is 72. The molecule has 93 heavy (non-hydrogen) atoms. The van der Waals surface area contributed by atoms with E-state index in [0.29, 0.717) is 25.7 Å². The van der Waals surface area contributed by atoms with Gasteiger partial charge >= 0.3 is 39.5 Å². The van der Waals surface area contributed by atoms with Gasteiger partial charge in [-0.1, -0.05) is 325 Å². The van der Waals surface area contributed by atoms with E-state index in [2.05, 4.69) is 48.5 Å². The van der Waals surface area contributed by atoms with Crippen LogP contribution in [0.3, 0.4) is 0 Å². The van der Waals surface area contributed by atoms with Crippen molar-refractivity contribution in [2.24, 2.45) is 17.8 Å². The summed E-state index contributed by atoms with van der Waals surface area (Å²) < 4.78 is 68.5. The summed E-state index contributed by atoms with van der Waals surface area (Å²) in [6.07, 6.45) is 49.9. The molecule has 0 aliphatic heterocycles. The molecule has 0 aliphatic carbocycles. The molecule has 0 aromatic heterocycles. The van der Waals surface area contributed by atoms with Crippen molar-refractivity contribution in [2.75, 3.05) is 39.6 Å². The lowest BCUT2D eigenvalue weighted by Crippen LogP contribution is -2.30. The number of ether oxygens (including phenoxy) is 4. The zero-order valence-electron chi connectivity index (χ0n) is 60.7. The molecule has 0 fully saturated rings. The number of hydrogen-bond donors (Lipinski definition) is 3. The number of esters is 4. The monoisotopic (exact) mass is 1370 g/mol. The number of hydrogen-bond acceptors (Lipinski definition) is 15. The van der Waals surface area contributed by atoms with Crippen LogP contribution in [0.1, 0.15) is 376 Å². The first-order valence-electron chi connectivity index (χ1n) is 38.4. The summed E-state index contributed by atoms with van der Waals surface area (Å²) >= 11 is 0. The van der Waals surface area contributed by atoms with E-state index in [9.17, 15) is 43.2 Å². The average Bonchev–Trinajstić information content (AvgIpc) is 2.58. The highest BCUT2D eigenvalue weighted by Crippen LogP contribution is 2.45. The van der Waals surface area contributed by atoms with Gasteiger partial charge in [0.15, 0.2) is 12.2 Å². The number of unbranched alkanes of at least 4 members (excludes halogenated alkanes) is 39. The Labute approximate surface area is 568 Å². The van der Waals surface area contributed by atoms with Gasteiger partial charge in [-0.2, -0.15) is 0 Å². The van der Waals surface area contributed by atoms with Crippen molar-refractivity contribution in [3.8, 4) is 0 Å². The van der Waals surface area contributed by atoms with E-state index in [-0.39, 0.29) is 25.7 Å². The number of carbonyl (C=O) groups excluding carboxylic acids is 4. The largest absolute Gasteiger partial charge is 0.472 e. The number of aliphatic hydroxyl groups is 1. The zero-order valence-corrected chi connectivity index (χ0v) is 62.5. The minimum absolute atomic E-state index is 0.105. The van der Waals surface area contributed by atoms with Gasteiger partial charge in [0.1, 0.15) is 19.3 Å². The summed E-state index contributed by atoms with van der Waals surface area (Å²) in [6.45, 7) is 11.8. The van der Waals surface area contributed by atoms with Crippen LogP contribution < -0.4 is 0 Å². The lowest BCUT2D eigenvalue weighted by molar-refractivity contribution is -0.161. The maximum absolute atomic E-state index is 13.1. The standard InChI is InChI=1S/C74H144O17P2/c1-8-10-11-12-13-14-15-16-17-18-19-22-29-34-43-50-57-73(78)90-69(61-84-71(76)55-48-41-33-28-23-20-21-26-31-38-45-52-65(3)4)63-88-92(80,81)86-59-68(75)60-87-93(82,83)89-64-70(62-85-72(77)56-49-42-37-36-40-47-54-67(7)9-2)91-74(79)58-51-44-35-30-25-24-27-32-39-46-53-66(5)6/h65-70,75H,8-64H2,1-7H3,(H,80,81)(H,82,83)/t67?,68-,69-,70-/m1/s1. The molecule has 6 atom stereocenters. The van der Waals surface area contributed by atoms with Crippen molar-refractivity contribution in [3.63, 3.8) is 0 Å². The number of aliphatic hydroxyl groups excluding tert-OH is 1. The first-order valence-corrected chi connectivity index (χ1v) is 41.4. The zero-order chi connectivity index (χ0) is 68.7. The number of carbonyl (C=O) groups is 4. The first-order chi connectivity index (χ1) is 44.8. The predicted molar refractivity (Wildman–Crippen MR) is 377 cm³/mol. The second kappa shape index (κ2) is 64.7. The molecule has 0 aromatic rings. The summed E-state index contributed by atoms with van der Waals surface area (Å²) in [4.78, 5) is 72.7. The van der Waals surface area contributed by atoms with Gasteiger partial charge in [-0.05, 0) is 43.4 Å². The second-order valence-corrected chi connectivity index (χ2v) is 30.8. The van der Waals surface area contributed by atoms with Crippen LogP contribution in [-0.4, -0.2) is 96.7 Å². The first kappa shape index (κ1) is 91.1. The van der Waals surface area contributed by atoms with Gasteiger partial charge in [0.25, 0.3) is 0 Å². The van der Waals surface area contributed by atoms with Gasteiger partial charge in [0, 0.05) is 25.7 Å². The maximum Gasteiger partial charge on any atom is 0.472 e. The van der Waals surface area contributed by atoms with Crippen LogP contribution in [-0.2, 0) is 65.4 Å². The molecule has 3 unspecified atom stereocenters. The Morgan fingerprint density at radius 3 is 0.817 bits per heavy atom. The van der Waals surface area contributed by atoms with Gasteiger partial charge in [-0.15, -0.1) is 0 Å². The molecule has 0 radical (unpaired) electrons. The quantitative estimate of drug-likeness (QED) is 0.0222. The molecule has 552 valence electrons. The van der Waals surface area contributed by atoms with E-state index >= 15 is 0 Å². The molecular formula is C74H144O17P2. The molecule has 0 rings (SSSR count). The van der Waals surface area contributed by atoms with Crippen LogP contribution in [0, 0.1) is 17.8 Å². The van der Waals surface area contributed by atoms with E-state index in [1.165, 1.54) is 180 Å². The van der Waals surface area contributed by atoms with Crippen LogP contribution in [0.25, 0.3) is 0 Å². The smallest absolute Gasteiger partial charge is 0.462 e. The normalized spacial score (nSPS) is 14.4. The van der Waals surface area contributed by atoms with Crippen molar-refractivity contribution < 1.29 is 80.2 Å². The summed E-state index contributed by atoms with van der Waals surface area (Å²) in [5, 5.41) is 10.6. The van der Waals surface area contributed by atoms with Gasteiger partial charge < -0.3 is 33.8 Å². The Balaban J connectivity index is 5.26. The Hall–Kier alpha value is -1.94. The molecule has 0 bridgehead atoms. The summed E-state index contributed by atoms with van der Waals surface area (Å²) in [6, 6.07) is 0. The maximum atomic E-state index is 13.1. The molecule has 19 heteroatoms. The molecule has 0 amide bonds. The molecule has 0 saturated carbocycles. The molecule has 0 aromatic carbocycles. The Morgan fingerprint density at radius 2 is 0.548 bits per heavy atom. The van der Waals surface area contributed by atoms with Crippen molar-refractivity contribution in [2.45, 2.75) is 394 Å². The molecule has 3 N–H and O–H groups in total. The fourth-order valence-corrected chi connectivity index (χ4v) is 12.8. The second-order valence-electron chi connectivity index (χ2n) is 27.9. The Kier molecular flexibility index (Phi) is 63.4. The number of phosphoric acid groups is 2. The Bertz CT molecular complexity index is 1820. The van der Waals surface area contributed by atoms with Crippen LogP contribution in [0.15, 0.2) is 0 Å². The molecule has 17 nitrogen and oxygen atoms in total. The van der Waals surface area contributed by atoms with Crippen LogP contribution >= 0.6 is 15.6 Å². The summed E-state index contributed by atoms with van der Waals surface area (Å²) in [5.74, 6) is 0.133. The van der Waals surface area contributed by atoms with Crippen molar-refractivity contribution in [1.29, 1.82) is 0 Å². The third-order valence-electron chi connectivity index (χ3n) is 17.5. The van der Waals surface area contributed by atoms with Crippen molar-refractivity contribution in [3.05, 3.63) is 0 Å². The summed E-state index contributed by atoms with van der Waals surface area (Å²) in [7, 11) is -9.91.